The van der Waals surface area contributed by atoms with Gasteiger partial charge >= 0.3 is 0 Å². The van der Waals surface area contributed by atoms with Crippen LogP contribution in [0.4, 0.5) is 0 Å². The number of fused-ring (bicyclic) bond motifs is 1. The molecular formula is C16H23N3. The third kappa shape index (κ3) is 2.28. The summed E-state index contributed by atoms with van der Waals surface area (Å²) in [7, 11) is 0. The average molecular weight is 257 g/mol. The Hall–Kier alpha value is -1.32. The van der Waals surface area contributed by atoms with E-state index in [9.17, 15) is 0 Å². The van der Waals surface area contributed by atoms with Gasteiger partial charge in [0.05, 0.1) is 0 Å². The number of aromatic amines is 1. The van der Waals surface area contributed by atoms with Gasteiger partial charge in [-0.1, -0.05) is 25.1 Å². The molecule has 3 nitrogen and oxygen atoms in total. The lowest BCUT2D eigenvalue weighted by Gasteiger charge is -2.32. The Morgan fingerprint density at radius 1 is 1.26 bits per heavy atom. The first-order chi connectivity index (χ1) is 9.31. The lowest BCUT2D eigenvalue weighted by Crippen LogP contribution is -2.44. The Kier molecular flexibility index (Phi) is 3.58. The molecule has 1 aromatic heterocycles. The van der Waals surface area contributed by atoms with Gasteiger partial charge in [0.15, 0.2) is 0 Å². The maximum Gasteiger partial charge on any atom is 0.0489 e. The lowest BCUT2D eigenvalue weighted by atomic mass is 10.0. The quantitative estimate of drug-likeness (QED) is 0.886. The molecule has 19 heavy (non-hydrogen) atoms. The molecule has 0 aliphatic carbocycles. The van der Waals surface area contributed by atoms with Gasteiger partial charge in [-0.3, -0.25) is 4.90 Å². The number of piperazine rings is 1. The van der Waals surface area contributed by atoms with Crippen molar-refractivity contribution >= 4 is 10.9 Å². The van der Waals surface area contributed by atoms with Crippen molar-refractivity contribution in [1.29, 1.82) is 0 Å². The van der Waals surface area contributed by atoms with Crippen molar-refractivity contribution in [3.63, 3.8) is 0 Å². The number of benzene rings is 1. The van der Waals surface area contributed by atoms with Crippen molar-refractivity contribution in [3.8, 4) is 0 Å². The lowest BCUT2D eigenvalue weighted by molar-refractivity contribution is 0.186. The highest BCUT2D eigenvalue weighted by molar-refractivity contribution is 5.86. The molecule has 3 heteroatoms. The van der Waals surface area contributed by atoms with Crippen LogP contribution in [0.5, 0.6) is 0 Å². The first-order valence-electron chi connectivity index (χ1n) is 7.35. The Balaban J connectivity index is 1.96. The van der Waals surface area contributed by atoms with Crippen LogP contribution in [0.25, 0.3) is 10.9 Å². The monoisotopic (exact) mass is 257 g/mol. The Labute approximate surface area is 115 Å². The van der Waals surface area contributed by atoms with E-state index in [1.54, 1.807) is 0 Å². The minimum Gasteiger partial charge on any atom is -0.361 e. The molecule has 1 unspecified atom stereocenters. The zero-order valence-corrected chi connectivity index (χ0v) is 11.9. The van der Waals surface area contributed by atoms with Gasteiger partial charge < -0.3 is 10.3 Å². The molecule has 0 radical (unpaired) electrons. The van der Waals surface area contributed by atoms with Crippen LogP contribution in [0.15, 0.2) is 24.4 Å². The number of nitrogens with zero attached hydrogens (tertiary/aromatic N) is 1. The van der Waals surface area contributed by atoms with Crippen molar-refractivity contribution in [2.45, 2.75) is 26.3 Å². The summed E-state index contributed by atoms with van der Waals surface area (Å²) in [6.45, 7) is 9.03. The van der Waals surface area contributed by atoms with Crippen molar-refractivity contribution in [2.75, 3.05) is 26.2 Å². The van der Waals surface area contributed by atoms with Crippen LogP contribution < -0.4 is 5.32 Å². The first-order valence-corrected chi connectivity index (χ1v) is 7.35. The highest BCUT2D eigenvalue weighted by Gasteiger charge is 2.20. The molecule has 1 aliphatic heterocycles. The molecule has 2 N–H and O–H groups in total. The predicted octanol–water partition coefficient (Wildman–Crippen LogP) is 2.70. The fraction of sp³-hybridized carbons (Fsp3) is 0.500. The molecule has 1 aromatic carbocycles. The number of para-hydroxylation sites is 1. The molecule has 0 spiro atoms. The van der Waals surface area contributed by atoms with E-state index in [0.29, 0.717) is 6.04 Å². The summed E-state index contributed by atoms with van der Waals surface area (Å²) in [5.41, 5.74) is 4.17. The topological polar surface area (TPSA) is 31.1 Å². The number of aryl methyl sites for hydroxylation is 1. The van der Waals surface area contributed by atoms with Gasteiger partial charge in [-0.05, 0) is 24.5 Å². The normalized spacial score (nSPS) is 18.8. The number of aromatic nitrogens is 1. The van der Waals surface area contributed by atoms with Crippen LogP contribution in [0.3, 0.4) is 0 Å². The van der Waals surface area contributed by atoms with Crippen LogP contribution in [-0.4, -0.2) is 36.1 Å². The van der Waals surface area contributed by atoms with Crippen LogP contribution in [-0.2, 0) is 6.42 Å². The molecule has 1 fully saturated rings. The van der Waals surface area contributed by atoms with Crippen LogP contribution in [0.2, 0.25) is 0 Å². The van der Waals surface area contributed by atoms with E-state index in [-0.39, 0.29) is 0 Å². The zero-order valence-electron chi connectivity index (χ0n) is 11.9. The summed E-state index contributed by atoms with van der Waals surface area (Å²) in [6.07, 6.45) is 3.29. The second kappa shape index (κ2) is 5.35. The Morgan fingerprint density at radius 2 is 2.05 bits per heavy atom. The predicted molar refractivity (Wildman–Crippen MR) is 80.5 cm³/mol. The molecule has 2 heterocycles. The first kappa shape index (κ1) is 12.7. The maximum atomic E-state index is 3.49. The van der Waals surface area contributed by atoms with E-state index in [1.807, 2.05) is 0 Å². The third-order valence-electron chi connectivity index (χ3n) is 4.36. The number of H-pyrrole nitrogens is 1. The number of hydrogen-bond donors (Lipinski definition) is 2. The second-order valence-corrected chi connectivity index (χ2v) is 5.40. The number of hydrogen-bond acceptors (Lipinski definition) is 2. The van der Waals surface area contributed by atoms with Crippen molar-refractivity contribution < 1.29 is 0 Å². The summed E-state index contributed by atoms with van der Waals surface area (Å²) in [4.78, 5) is 6.05. The minimum atomic E-state index is 0.489. The van der Waals surface area contributed by atoms with Gasteiger partial charge in [0.1, 0.15) is 0 Å². The standard InChI is InChI=1S/C16H23N3/c1-3-13-5-4-6-14-15(11-18-16(13)14)12(2)19-9-7-17-8-10-19/h4-6,11-12,17-18H,3,7-10H2,1-2H3. The fourth-order valence-electron chi connectivity index (χ4n) is 3.15. The molecule has 102 valence electrons. The van der Waals surface area contributed by atoms with Crippen LogP contribution >= 0.6 is 0 Å². The van der Waals surface area contributed by atoms with Gasteiger partial charge in [-0.2, -0.15) is 0 Å². The van der Waals surface area contributed by atoms with Crippen molar-refractivity contribution in [1.82, 2.24) is 15.2 Å². The summed E-state index contributed by atoms with van der Waals surface area (Å²) < 4.78 is 0. The Morgan fingerprint density at radius 3 is 2.79 bits per heavy atom. The van der Waals surface area contributed by atoms with E-state index in [2.05, 4.69) is 53.4 Å². The smallest absolute Gasteiger partial charge is 0.0489 e. The van der Waals surface area contributed by atoms with Gasteiger partial charge in [0.2, 0.25) is 0 Å². The molecular weight excluding hydrogens is 234 g/mol. The van der Waals surface area contributed by atoms with E-state index >= 15 is 0 Å². The van der Waals surface area contributed by atoms with Gasteiger partial charge in [0, 0.05) is 49.3 Å². The number of nitrogens with one attached hydrogen (secondary N) is 2. The molecule has 0 bridgehead atoms. The van der Waals surface area contributed by atoms with Crippen molar-refractivity contribution in [3.05, 3.63) is 35.5 Å². The highest BCUT2D eigenvalue weighted by atomic mass is 15.2. The minimum absolute atomic E-state index is 0.489. The molecule has 3 rings (SSSR count). The molecule has 2 aromatic rings. The summed E-state index contributed by atoms with van der Waals surface area (Å²) >= 11 is 0. The van der Waals surface area contributed by atoms with Gasteiger partial charge in [0.25, 0.3) is 0 Å². The second-order valence-electron chi connectivity index (χ2n) is 5.40. The van der Waals surface area contributed by atoms with E-state index in [0.717, 1.165) is 32.6 Å². The van der Waals surface area contributed by atoms with E-state index in [1.165, 1.54) is 22.0 Å². The number of rotatable bonds is 3. The fourth-order valence-corrected chi connectivity index (χ4v) is 3.15. The largest absolute Gasteiger partial charge is 0.361 e. The highest BCUT2D eigenvalue weighted by Crippen LogP contribution is 2.29. The summed E-state index contributed by atoms with van der Waals surface area (Å²) in [5.74, 6) is 0. The van der Waals surface area contributed by atoms with Gasteiger partial charge in [-0.15, -0.1) is 0 Å². The Bertz CT molecular complexity index is 552. The molecule has 1 saturated heterocycles. The third-order valence-corrected chi connectivity index (χ3v) is 4.36. The van der Waals surface area contributed by atoms with Crippen molar-refractivity contribution in [2.24, 2.45) is 0 Å². The molecule has 1 aliphatic rings. The zero-order chi connectivity index (χ0) is 13.2. The molecule has 0 amide bonds. The SMILES string of the molecule is CCc1cccc2c(C(C)N3CCNCC3)c[nH]c12. The van der Waals surface area contributed by atoms with Crippen LogP contribution in [0.1, 0.15) is 31.0 Å². The van der Waals surface area contributed by atoms with E-state index < -0.39 is 0 Å². The summed E-state index contributed by atoms with van der Waals surface area (Å²) in [5, 5.41) is 4.81. The maximum absolute atomic E-state index is 3.49. The molecule has 1 atom stereocenters. The van der Waals surface area contributed by atoms with Gasteiger partial charge in [-0.25, -0.2) is 0 Å². The summed E-state index contributed by atoms with van der Waals surface area (Å²) in [6, 6.07) is 7.14. The van der Waals surface area contributed by atoms with E-state index in [4.69, 9.17) is 0 Å². The average Bonchev–Trinajstić information content (AvgIpc) is 2.91. The molecule has 0 saturated carbocycles. The van der Waals surface area contributed by atoms with Crippen LogP contribution in [0, 0.1) is 0 Å².